The van der Waals surface area contributed by atoms with Crippen LogP contribution < -0.4 is 14.4 Å². The van der Waals surface area contributed by atoms with Crippen molar-refractivity contribution in [3.63, 3.8) is 0 Å². The normalized spacial score (nSPS) is 12.0. The molecule has 0 heterocycles. The van der Waals surface area contributed by atoms with E-state index in [4.69, 9.17) is 16.3 Å². The molecule has 0 saturated carbocycles. The number of hydrogen-bond acceptors (Lipinski definition) is 5. The van der Waals surface area contributed by atoms with E-state index >= 15 is 0 Å². The first-order chi connectivity index (χ1) is 17.6. The van der Waals surface area contributed by atoms with E-state index in [1.54, 1.807) is 36.3 Å². The van der Waals surface area contributed by atoms with Crippen LogP contribution in [0.5, 0.6) is 5.75 Å². The predicted molar refractivity (Wildman–Crippen MR) is 148 cm³/mol. The second-order valence-electron chi connectivity index (χ2n) is 8.86. The lowest BCUT2D eigenvalue weighted by molar-refractivity contribution is -0.141. The summed E-state index contributed by atoms with van der Waals surface area (Å²) in [5, 5.41) is 3.36. The molecule has 8 nitrogen and oxygen atoms in total. The van der Waals surface area contributed by atoms with Crippen LogP contribution in [-0.4, -0.2) is 57.6 Å². The number of amides is 2. The molecule has 0 aliphatic heterocycles. The molecule has 0 unspecified atom stereocenters. The van der Waals surface area contributed by atoms with E-state index in [1.165, 1.54) is 4.31 Å². The number of sulfonamides is 1. The molecule has 0 spiro atoms. The molecule has 10 heteroatoms. The molecule has 204 valence electrons. The van der Waals surface area contributed by atoms with Gasteiger partial charge in [0.15, 0.2) is 0 Å². The van der Waals surface area contributed by atoms with Crippen molar-refractivity contribution in [1.29, 1.82) is 0 Å². The Kier molecular flexibility index (Phi) is 12.2. The highest BCUT2D eigenvalue weighted by Crippen LogP contribution is 2.23. The van der Waals surface area contributed by atoms with Crippen LogP contribution in [0, 0.1) is 0 Å². The second-order valence-corrected chi connectivity index (χ2v) is 11.2. The van der Waals surface area contributed by atoms with Crippen LogP contribution in [0.1, 0.15) is 51.5 Å². The van der Waals surface area contributed by atoms with Gasteiger partial charge in [-0.05, 0) is 55.2 Å². The molecular weight excluding hydrogens is 514 g/mol. The summed E-state index contributed by atoms with van der Waals surface area (Å²) in [5.41, 5.74) is 1.28. The number of unbranched alkanes of at least 4 members (excludes halogenated alkanes) is 1. The average Bonchev–Trinajstić information content (AvgIpc) is 2.85. The molecule has 1 N–H and O–H groups in total. The Morgan fingerprint density at radius 3 is 2.43 bits per heavy atom. The molecule has 0 aliphatic rings. The van der Waals surface area contributed by atoms with Crippen molar-refractivity contribution in [2.75, 3.05) is 30.8 Å². The fourth-order valence-corrected chi connectivity index (χ4v) is 5.17. The van der Waals surface area contributed by atoms with E-state index < -0.39 is 16.1 Å². The maximum atomic E-state index is 13.5. The molecule has 37 heavy (non-hydrogen) atoms. The first kappa shape index (κ1) is 30.4. The molecule has 0 saturated heterocycles. The van der Waals surface area contributed by atoms with Gasteiger partial charge >= 0.3 is 0 Å². The van der Waals surface area contributed by atoms with Crippen molar-refractivity contribution in [3.05, 3.63) is 59.1 Å². The Morgan fingerprint density at radius 1 is 1.08 bits per heavy atom. The minimum absolute atomic E-state index is 0.0787. The number of halogens is 1. The average molecular weight is 552 g/mol. The Hall–Kier alpha value is -2.78. The number of ether oxygens (including phenoxy) is 1. The van der Waals surface area contributed by atoms with Gasteiger partial charge in [-0.15, -0.1) is 0 Å². The highest BCUT2D eigenvalue weighted by molar-refractivity contribution is 7.92. The molecule has 0 bridgehead atoms. The van der Waals surface area contributed by atoms with Gasteiger partial charge in [0.2, 0.25) is 21.8 Å². The first-order valence-electron chi connectivity index (χ1n) is 12.5. The van der Waals surface area contributed by atoms with Crippen LogP contribution in [0.4, 0.5) is 5.69 Å². The van der Waals surface area contributed by atoms with Crippen molar-refractivity contribution in [2.24, 2.45) is 0 Å². The van der Waals surface area contributed by atoms with E-state index in [9.17, 15) is 18.0 Å². The number of nitrogens with one attached hydrogen (secondary N) is 1. The highest BCUT2D eigenvalue weighted by atomic mass is 35.5. The number of benzene rings is 2. The maximum absolute atomic E-state index is 13.5. The zero-order chi connectivity index (χ0) is 27.4. The molecule has 2 rings (SSSR count). The largest absolute Gasteiger partial charge is 0.497 e. The maximum Gasteiger partial charge on any atom is 0.242 e. The second kappa shape index (κ2) is 14.8. The Morgan fingerprint density at radius 2 is 1.81 bits per heavy atom. The molecule has 2 amide bonds. The minimum atomic E-state index is -3.58. The molecule has 0 aromatic heterocycles. The van der Waals surface area contributed by atoms with Crippen molar-refractivity contribution < 1.29 is 22.7 Å². The summed E-state index contributed by atoms with van der Waals surface area (Å²) in [7, 11) is -2.01. The lowest BCUT2D eigenvalue weighted by Gasteiger charge is -2.31. The number of carbonyl (C=O) groups is 2. The van der Waals surface area contributed by atoms with E-state index in [2.05, 4.69) is 5.32 Å². The number of carbonyl (C=O) groups excluding carboxylic acids is 2. The van der Waals surface area contributed by atoms with Crippen LogP contribution in [0.25, 0.3) is 0 Å². The summed E-state index contributed by atoms with van der Waals surface area (Å²) in [5.74, 6) is 0.249. The Labute approximate surface area is 226 Å². The van der Waals surface area contributed by atoms with Gasteiger partial charge in [0, 0.05) is 31.1 Å². The molecule has 0 aliphatic carbocycles. The zero-order valence-electron chi connectivity index (χ0n) is 22.1. The monoisotopic (exact) mass is 551 g/mol. The minimum Gasteiger partial charge on any atom is -0.497 e. The summed E-state index contributed by atoms with van der Waals surface area (Å²) < 4.78 is 31.5. The summed E-state index contributed by atoms with van der Waals surface area (Å²) in [4.78, 5) is 28.1. The molecule has 1 atom stereocenters. The third-order valence-electron chi connectivity index (χ3n) is 5.95. The van der Waals surface area contributed by atoms with E-state index in [-0.39, 0.29) is 37.7 Å². The van der Waals surface area contributed by atoms with Gasteiger partial charge in [-0.3, -0.25) is 13.9 Å². The molecular formula is C27H38ClN3O5S. The molecule has 2 aromatic carbocycles. The third kappa shape index (κ3) is 9.55. The summed E-state index contributed by atoms with van der Waals surface area (Å²) in [6.45, 7) is 4.82. The Bertz CT molecular complexity index is 1140. The number of anilines is 1. The van der Waals surface area contributed by atoms with Crippen LogP contribution in [0.2, 0.25) is 5.02 Å². The topological polar surface area (TPSA) is 96.0 Å². The first-order valence-corrected chi connectivity index (χ1v) is 14.8. The quantitative estimate of drug-likeness (QED) is 0.326. The SMILES string of the molecule is CCCCNC(=O)[C@@H](CC)N(Cc1cccc(OC)c1)C(=O)CCCN(c1cccc(Cl)c1)S(C)(=O)=O. The lowest BCUT2D eigenvalue weighted by atomic mass is 10.1. The van der Waals surface area contributed by atoms with Crippen molar-refractivity contribution in [3.8, 4) is 5.75 Å². The van der Waals surface area contributed by atoms with Gasteiger partial charge in [0.1, 0.15) is 11.8 Å². The van der Waals surface area contributed by atoms with Gasteiger partial charge < -0.3 is 15.0 Å². The van der Waals surface area contributed by atoms with E-state index in [1.807, 2.05) is 38.1 Å². The van der Waals surface area contributed by atoms with E-state index in [0.29, 0.717) is 29.4 Å². The van der Waals surface area contributed by atoms with Gasteiger partial charge in [0.25, 0.3) is 0 Å². The molecule has 0 fully saturated rings. The van der Waals surface area contributed by atoms with Gasteiger partial charge in [-0.2, -0.15) is 0 Å². The molecule has 2 aromatic rings. The number of hydrogen-bond donors (Lipinski definition) is 1. The van der Waals surface area contributed by atoms with Crippen molar-refractivity contribution in [1.82, 2.24) is 10.2 Å². The smallest absolute Gasteiger partial charge is 0.242 e. The fraction of sp³-hybridized carbons (Fsp3) is 0.481. The number of rotatable bonds is 15. The van der Waals surface area contributed by atoms with Crippen molar-refractivity contribution in [2.45, 2.75) is 58.5 Å². The summed E-state index contributed by atoms with van der Waals surface area (Å²) >= 11 is 6.06. The number of methoxy groups -OCH3 is 1. The van der Waals surface area contributed by atoms with Crippen LogP contribution in [-0.2, 0) is 26.2 Å². The van der Waals surface area contributed by atoms with Crippen LogP contribution >= 0.6 is 11.6 Å². The predicted octanol–water partition coefficient (Wildman–Crippen LogP) is 4.62. The standard InChI is InChI=1S/C27H38ClN3O5S/c1-5-7-16-29-27(33)25(6-2)30(20-21-11-8-14-24(18-21)36-3)26(32)15-10-17-31(37(4,34)35)23-13-9-12-22(28)19-23/h8-9,11-14,18-19,25H,5-7,10,15-17,20H2,1-4H3,(H,29,33)/t25-/m1/s1. The van der Waals surface area contributed by atoms with Gasteiger partial charge in [-0.1, -0.05) is 50.1 Å². The van der Waals surface area contributed by atoms with Crippen LogP contribution in [0.15, 0.2) is 48.5 Å². The van der Waals surface area contributed by atoms with Crippen molar-refractivity contribution >= 4 is 39.1 Å². The number of nitrogens with zero attached hydrogens (tertiary/aromatic N) is 2. The Balaban J connectivity index is 2.22. The summed E-state index contributed by atoms with van der Waals surface area (Å²) in [6, 6.07) is 13.3. The lowest BCUT2D eigenvalue weighted by Crippen LogP contribution is -2.49. The zero-order valence-corrected chi connectivity index (χ0v) is 23.6. The third-order valence-corrected chi connectivity index (χ3v) is 7.38. The summed E-state index contributed by atoms with van der Waals surface area (Å²) in [6.07, 6.45) is 3.74. The van der Waals surface area contributed by atoms with Gasteiger partial charge in [0.05, 0.1) is 19.1 Å². The van der Waals surface area contributed by atoms with Crippen LogP contribution in [0.3, 0.4) is 0 Å². The fourth-order valence-electron chi connectivity index (χ4n) is 4.03. The molecule has 0 radical (unpaired) electrons. The highest BCUT2D eigenvalue weighted by Gasteiger charge is 2.29. The van der Waals surface area contributed by atoms with E-state index in [0.717, 1.165) is 24.7 Å². The van der Waals surface area contributed by atoms with Gasteiger partial charge in [-0.25, -0.2) is 8.42 Å².